The van der Waals surface area contributed by atoms with Crippen LogP contribution in [0.3, 0.4) is 0 Å². The molecule has 0 unspecified atom stereocenters. The molecule has 9 heteroatoms. The Morgan fingerprint density at radius 1 is 1.05 bits per heavy atom. The van der Waals surface area contributed by atoms with E-state index >= 15 is 0 Å². The Bertz CT molecular complexity index is 1510. The fourth-order valence-corrected chi connectivity index (χ4v) is 5.51. The Hall–Kier alpha value is -3.72. The van der Waals surface area contributed by atoms with Crippen LogP contribution >= 0.6 is 15.9 Å². The monoisotopic (exact) mass is 573 g/mol. The Labute approximate surface area is 229 Å². The molecule has 8 nitrogen and oxygen atoms in total. The summed E-state index contributed by atoms with van der Waals surface area (Å²) in [5.41, 5.74) is 4.68. The summed E-state index contributed by atoms with van der Waals surface area (Å²) >= 11 is 3.50. The summed E-state index contributed by atoms with van der Waals surface area (Å²) in [6, 6.07) is 20.5. The van der Waals surface area contributed by atoms with Gasteiger partial charge in [-0.1, -0.05) is 54.6 Å². The van der Waals surface area contributed by atoms with Crippen LogP contribution in [0.25, 0.3) is 28.1 Å². The summed E-state index contributed by atoms with van der Waals surface area (Å²) in [5, 5.41) is 11.5. The summed E-state index contributed by atoms with van der Waals surface area (Å²) < 4.78 is 14.1. The van der Waals surface area contributed by atoms with Crippen molar-refractivity contribution in [3.05, 3.63) is 76.8 Å². The number of pyridine rings is 1. The standard InChI is InChI=1S/C29H28BrN5O3/c1-28(2,3)38-27(36)32-29(14-7-15-29)20-12-10-19(11-13-20)24-21(18-8-5-4-6-9-18)16-22-25(31-24)37-17-23-33-34-26(30)35(22)23/h4-6,8-13,16H,7,14-15,17H2,1-3H3,(H,32,36). The van der Waals surface area contributed by atoms with E-state index in [-0.39, 0.29) is 6.09 Å². The van der Waals surface area contributed by atoms with Gasteiger partial charge in [0.15, 0.2) is 12.4 Å². The normalized spacial score (nSPS) is 15.5. The Balaban J connectivity index is 1.39. The molecule has 1 N–H and O–H groups in total. The largest absolute Gasteiger partial charge is 0.468 e. The molecule has 0 radical (unpaired) electrons. The minimum Gasteiger partial charge on any atom is -0.468 e. The molecule has 3 heterocycles. The molecule has 2 aliphatic rings. The number of amides is 1. The number of hydrogen-bond donors (Lipinski definition) is 1. The number of benzene rings is 2. The second-order valence-corrected chi connectivity index (χ2v) is 11.4. The van der Waals surface area contributed by atoms with E-state index < -0.39 is 11.1 Å². The van der Waals surface area contributed by atoms with Gasteiger partial charge >= 0.3 is 6.09 Å². The number of ether oxygens (including phenoxy) is 2. The highest BCUT2D eigenvalue weighted by molar-refractivity contribution is 9.10. The molecule has 0 saturated heterocycles. The summed E-state index contributed by atoms with van der Waals surface area (Å²) in [6.45, 7) is 5.91. The first-order chi connectivity index (χ1) is 18.2. The lowest BCUT2D eigenvalue weighted by molar-refractivity contribution is 0.0377. The topological polar surface area (TPSA) is 91.2 Å². The van der Waals surface area contributed by atoms with Gasteiger partial charge in [0.2, 0.25) is 10.6 Å². The average Bonchev–Trinajstić information content (AvgIpc) is 3.26. The maximum absolute atomic E-state index is 12.6. The van der Waals surface area contributed by atoms with E-state index in [0.717, 1.165) is 52.9 Å². The van der Waals surface area contributed by atoms with Crippen molar-refractivity contribution in [2.45, 2.75) is 57.8 Å². The van der Waals surface area contributed by atoms with Crippen LogP contribution in [0.4, 0.5) is 4.79 Å². The van der Waals surface area contributed by atoms with Crippen LogP contribution in [0.2, 0.25) is 0 Å². The minimum absolute atomic E-state index is 0.292. The lowest BCUT2D eigenvalue weighted by atomic mass is 9.71. The molecule has 1 aliphatic heterocycles. The van der Waals surface area contributed by atoms with Gasteiger partial charge in [0.05, 0.1) is 11.2 Å². The number of fused-ring (bicyclic) bond motifs is 3. The Morgan fingerprint density at radius 2 is 1.79 bits per heavy atom. The third-order valence-corrected chi connectivity index (χ3v) is 7.49. The second kappa shape index (κ2) is 9.23. The SMILES string of the molecule is CC(C)(C)OC(=O)NC1(c2ccc(-c3nc4c(cc3-c3ccccc3)-n3c(Br)nnc3CO4)cc2)CCC1. The van der Waals surface area contributed by atoms with Gasteiger partial charge in [-0.05, 0) is 73.2 Å². The maximum Gasteiger partial charge on any atom is 0.408 e. The van der Waals surface area contributed by atoms with Crippen molar-refractivity contribution in [3.63, 3.8) is 0 Å². The first-order valence-electron chi connectivity index (χ1n) is 12.7. The molecule has 6 rings (SSSR count). The zero-order valence-electron chi connectivity index (χ0n) is 21.5. The minimum atomic E-state index is -0.546. The number of halogens is 1. The molecule has 0 bridgehead atoms. The van der Waals surface area contributed by atoms with Crippen molar-refractivity contribution in [3.8, 4) is 34.0 Å². The van der Waals surface area contributed by atoms with Gasteiger partial charge in [0.25, 0.3) is 0 Å². The van der Waals surface area contributed by atoms with Gasteiger partial charge in [0.1, 0.15) is 11.3 Å². The predicted molar refractivity (Wildman–Crippen MR) is 147 cm³/mol. The summed E-state index contributed by atoms with van der Waals surface area (Å²) in [4.78, 5) is 17.6. The zero-order valence-corrected chi connectivity index (χ0v) is 23.1. The third kappa shape index (κ3) is 4.45. The quantitative estimate of drug-likeness (QED) is 0.297. The molecule has 38 heavy (non-hydrogen) atoms. The van der Waals surface area contributed by atoms with Gasteiger partial charge in [-0.25, -0.2) is 9.78 Å². The van der Waals surface area contributed by atoms with Gasteiger partial charge in [0, 0.05) is 11.1 Å². The van der Waals surface area contributed by atoms with Gasteiger partial charge < -0.3 is 14.8 Å². The van der Waals surface area contributed by atoms with Crippen LogP contribution in [0.15, 0.2) is 65.4 Å². The number of nitrogens with one attached hydrogen (secondary N) is 1. The van der Waals surface area contributed by atoms with Gasteiger partial charge in [-0.2, -0.15) is 0 Å². The lowest BCUT2D eigenvalue weighted by Crippen LogP contribution is -2.52. The van der Waals surface area contributed by atoms with E-state index in [1.54, 1.807) is 0 Å². The summed E-state index contributed by atoms with van der Waals surface area (Å²) in [6.07, 6.45) is 2.42. The number of hydrogen-bond acceptors (Lipinski definition) is 6. The molecule has 2 aromatic carbocycles. The highest BCUT2D eigenvalue weighted by Crippen LogP contribution is 2.43. The van der Waals surface area contributed by atoms with E-state index in [2.05, 4.69) is 73.9 Å². The summed E-state index contributed by atoms with van der Waals surface area (Å²) in [7, 11) is 0. The molecule has 1 saturated carbocycles. The highest BCUT2D eigenvalue weighted by Gasteiger charge is 2.41. The molecule has 1 fully saturated rings. The first-order valence-corrected chi connectivity index (χ1v) is 13.5. The zero-order chi connectivity index (χ0) is 26.5. The van der Waals surface area contributed by atoms with Crippen LogP contribution in [0.5, 0.6) is 5.88 Å². The first kappa shape index (κ1) is 24.6. The average molecular weight is 574 g/mol. The highest BCUT2D eigenvalue weighted by atomic mass is 79.9. The molecule has 0 spiro atoms. The van der Waals surface area contributed by atoms with Gasteiger partial charge in [-0.3, -0.25) is 4.57 Å². The van der Waals surface area contributed by atoms with Crippen molar-refractivity contribution in [2.24, 2.45) is 0 Å². The van der Waals surface area contributed by atoms with Crippen molar-refractivity contribution in [1.82, 2.24) is 25.1 Å². The van der Waals surface area contributed by atoms with Crippen molar-refractivity contribution in [1.29, 1.82) is 0 Å². The van der Waals surface area contributed by atoms with Crippen LogP contribution in [0.1, 0.15) is 51.4 Å². The molecule has 4 aromatic rings. The molecule has 2 aromatic heterocycles. The molecular formula is C29H28BrN5O3. The smallest absolute Gasteiger partial charge is 0.408 e. The molecule has 1 amide bonds. The fraction of sp³-hybridized carbons (Fsp3) is 0.310. The van der Waals surface area contributed by atoms with Gasteiger partial charge in [-0.15, -0.1) is 10.2 Å². The van der Waals surface area contributed by atoms with E-state index in [1.807, 2.05) is 43.5 Å². The Kier molecular flexibility index (Phi) is 5.98. The van der Waals surface area contributed by atoms with Crippen LogP contribution in [0, 0.1) is 0 Å². The molecule has 194 valence electrons. The van der Waals surface area contributed by atoms with E-state index in [1.165, 1.54) is 0 Å². The maximum atomic E-state index is 12.6. The fourth-order valence-electron chi connectivity index (χ4n) is 5.03. The van der Waals surface area contributed by atoms with E-state index in [9.17, 15) is 4.79 Å². The van der Waals surface area contributed by atoms with Crippen molar-refractivity contribution >= 4 is 22.0 Å². The number of carbonyl (C=O) groups is 1. The molecule has 1 aliphatic carbocycles. The predicted octanol–water partition coefficient (Wildman–Crippen LogP) is 6.56. The van der Waals surface area contributed by atoms with Crippen molar-refractivity contribution < 1.29 is 14.3 Å². The molecular weight excluding hydrogens is 546 g/mol. The lowest BCUT2D eigenvalue weighted by Gasteiger charge is -2.43. The van der Waals surface area contributed by atoms with Crippen LogP contribution in [-0.2, 0) is 16.9 Å². The Morgan fingerprint density at radius 3 is 2.45 bits per heavy atom. The number of nitrogens with zero attached hydrogens (tertiary/aromatic N) is 4. The molecule has 0 atom stereocenters. The van der Waals surface area contributed by atoms with E-state index in [4.69, 9.17) is 14.5 Å². The van der Waals surface area contributed by atoms with Crippen LogP contribution < -0.4 is 10.1 Å². The van der Waals surface area contributed by atoms with Crippen LogP contribution in [-0.4, -0.2) is 31.4 Å². The summed E-state index contributed by atoms with van der Waals surface area (Å²) in [5.74, 6) is 1.24. The second-order valence-electron chi connectivity index (χ2n) is 10.7. The number of alkyl carbamates (subject to hydrolysis) is 1. The van der Waals surface area contributed by atoms with E-state index in [0.29, 0.717) is 23.0 Å². The number of aromatic nitrogens is 4. The third-order valence-electron chi connectivity index (χ3n) is 6.98. The van der Waals surface area contributed by atoms with Crippen molar-refractivity contribution in [2.75, 3.05) is 0 Å². The number of rotatable bonds is 4. The number of carbonyl (C=O) groups excluding carboxylic acids is 1.